The van der Waals surface area contributed by atoms with Crippen LogP contribution >= 0.6 is 0 Å². The summed E-state index contributed by atoms with van der Waals surface area (Å²) in [6.07, 6.45) is 0. The van der Waals surface area contributed by atoms with Crippen molar-refractivity contribution < 1.29 is 12.3 Å². The van der Waals surface area contributed by atoms with E-state index < -0.39 is 9.08 Å². The number of hydrogen-bond donors (Lipinski definition) is 1. The summed E-state index contributed by atoms with van der Waals surface area (Å²) in [6.45, 7) is 0. The van der Waals surface area contributed by atoms with Gasteiger partial charge in [-0.2, -0.15) is 0 Å². The van der Waals surface area contributed by atoms with Crippen molar-refractivity contribution in [1.82, 2.24) is 0 Å². The fraction of sp³-hybridized carbons (Fsp3) is 0. The molecule has 0 rings (SSSR count). The van der Waals surface area contributed by atoms with Gasteiger partial charge in [0.1, 0.15) is 0 Å². The van der Waals surface area contributed by atoms with Crippen LogP contribution in [0.5, 0.6) is 0 Å². The SMILES string of the molecule is NC#C[Si](F)(F)F. The first-order valence-electron chi connectivity index (χ1n) is 1.36. The van der Waals surface area contributed by atoms with E-state index in [0.717, 1.165) is 5.54 Å². The summed E-state index contributed by atoms with van der Waals surface area (Å²) in [5.74, 6) is 0. The van der Waals surface area contributed by atoms with Crippen LogP contribution in [-0.2, 0) is 0 Å². The fourth-order valence-corrected chi connectivity index (χ4v) is 0.245. The third-order valence-electron chi connectivity index (χ3n) is 0.214. The lowest BCUT2D eigenvalue weighted by atomic mass is 11.2. The van der Waals surface area contributed by atoms with Crippen LogP contribution in [0.3, 0.4) is 0 Å². The summed E-state index contributed by atoms with van der Waals surface area (Å²) in [6, 6.07) is 1.29. The van der Waals surface area contributed by atoms with E-state index in [9.17, 15) is 12.3 Å². The molecule has 0 amide bonds. The summed E-state index contributed by atoms with van der Waals surface area (Å²) in [7, 11) is -5.64. The minimum absolute atomic E-state index is 0.951. The third-order valence-corrected chi connectivity index (χ3v) is 0.642. The van der Waals surface area contributed by atoms with Gasteiger partial charge in [0.2, 0.25) is 0 Å². The number of rotatable bonds is 0. The van der Waals surface area contributed by atoms with E-state index in [-0.39, 0.29) is 0 Å². The van der Waals surface area contributed by atoms with Crippen molar-refractivity contribution in [1.29, 1.82) is 0 Å². The Morgan fingerprint density at radius 1 is 1.29 bits per heavy atom. The van der Waals surface area contributed by atoms with Crippen LogP contribution in [0.2, 0.25) is 0 Å². The predicted octanol–water partition coefficient (Wildman–Crippen LogP) is 0.293. The molecule has 0 aliphatic carbocycles. The van der Waals surface area contributed by atoms with Crippen LogP contribution in [0, 0.1) is 11.6 Å². The van der Waals surface area contributed by atoms with Gasteiger partial charge >= 0.3 is 9.08 Å². The Morgan fingerprint density at radius 2 is 1.71 bits per heavy atom. The van der Waals surface area contributed by atoms with Crippen molar-refractivity contribution in [2.75, 3.05) is 0 Å². The molecule has 0 fully saturated rings. The van der Waals surface area contributed by atoms with Crippen LogP contribution in [0.15, 0.2) is 0 Å². The molecule has 0 saturated carbocycles. The second-order valence-electron chi connectivity index (χ2n) is 0.767. The van der Waals surface area contributed by atoms with E-state index in [2.05, 4.69) is 5.73 Å². The van der Waals surface area contributed by atoms with Crippen molar-refractivity contribution in [3.63, 3.8) is 0 Å². The molecule has 0 aliphatic rings. The summed E-state index contributed by atoms with van der Waals surface area (Å²) >= 11 is 0. The number of nitrogens with two attached hydrogens (primary N) is 1. The first-order valence-corrected chi connectivity index (χ1v) is 2.99. The predicted molar refractivity (Wildman–Crippen MR) is 21.0 cm³/mol. The molecule has 40 valence electrons. The lowest BCUT2D eigenvalue weighted by Crippen LogP contribution is -2.11. The topological polar surface area (TPSA) is 26.0 Å². The van der Waals surface area contributed by atoms with Crippen LogP contribution < -0.4 is 5.73 Å². The van der Waals surface area contributed by atoms with E-state index in [4.69, 9.17) is 0 Å². The van der Waals surface area contributed by atoms with Gasteiger partial charge in [-0.3, -0.25) is 0 Å². The summed E-state index contributed by atoms with van der Waals surface area (Å²) in [5, 5.41) is 0. The van der Waals surface area contributed by atoms with Crippen LogP contribution in [0.1, 0.15) is 0 Å². The quantitative estimate of drug-likeness (QED) is 0.214. The molecule has 0 aromatic carbocycles. The monoisotopic (exact) mass is 125 g/mol. The van der Waals surface area contributed by atoms with E-state index in [1.165, 1.54) is 6.04 Å². The lowest BCUT2D eigenvalue weighted by Gasteiger charge is -1.82. The van der Waals surface area contributed by atoms with Crippen molar-refractivity contribution in [3.05, 3.63) is 0 Å². The fourth-order valence-electron chi connectivity index (χ4n) is 0.0818. The van der Waals surface area contributed by atoms with E-state index >= 15 is 0 Å². The third kappa shape index (κ3) is 5.37. The summed E-state index contributed by atoms with van der Waals surface area (Å²) in [4.78, 5) is 0. The summed E-state index contributed by atoms with van der Waals surface area (Å²) in [5.41, 5.74) is 5.22. The van der Waals surface area contributed by atoms with E-state index in [1.54, 1.807) is 0 Å². The maximum absolute atomic E-state index is 10.9. The molecule has 0 atom stereocenters. The zero-order valence-electron chi connectivity index (χ0n) is 3.21. The maximum atomic E-state index is 10.9. The highest BCUT2D eigenvalue weighted by Gasteiger charge is 2.34. The Balaban J connectivity index is 3.72. The standard InChI is InChI=1S/C2H2F3NSi/c3-7(4,5)2-1-6/h6H2. The van der Waals surface area contributed by atoms with Crippen LogP contribution in [0.4, 0.5) is 12.3 Å². The van der Waals surface area contributed by atoms with Gasteiger partial charge in [-0.05, 0) is 5.54 Å². The molecule has 5 heteroatoms. The molecule has 0 saturated heterocycles. The van der Waals surface area contributed by atoms with E-state index in [0.29, 0.717) is 0 Å². The number of hydrogen-bond acceptors (Lipinski definition) is 1. The van der Waals surface area contributed by atoms with Crippen molar-refractivity contribution >= 4 is 9.08 Å². The molecule has 0 bridgehead atoms. The smallest absolute Gasteiger partial charge is 0.360 e. The van der Waals surface area contributed by atoms with Crippen LogP contribution in [0.25, 0.3) is 0 Å². The highest BCUT2D eigenvalue weighted by Crippen LogP contribution is 2.03. The minimum atomic E-state index is -5.64. The van der Waals surface area contributed by atoms with Gasteiger partial charge < -0.3 is 5.73 Å². The Labute approximate surface area is 39.8 Å². The van der Waals surface area contributed by atoms with E-state index in [1.807, 2.05) is 0 Å². The molecule has 0 spiro atoms. The Kier molecular flexibility index (Phi) is 1.72. The van der Waals surface area contributed by atoms with Crippen molar-refractivity contribution in [3.8, 4) is 11.6 Å². The zero-order valence-corrected chi connectivity index (χ0v) is 4.21. The zero-order chi connectivity index (χ0) is 5.91. The van der Waals surface area contributed by atoms with Crippen molar-refractivity contribution in [2.45, 2.75) is 0 Å². The first kappa shape index (κ1) is 6.37. The normalized spacial score (nSPS) is 9.57. The lowest BCUT2D eigenvalue weighted by molar-refractivity contribution is 0.504. The molecule has 0 aromatic heterocycles. The Morgan fingerprint density at radius 3 is 1.71 bits per heavy atom. The molecule has 0 aliphatic heterocycles. The van der Waals surface area contributed by atoms with Gasteiger partial charge in [-0.1, -0.05) is 0 Å². The van der Waals surface area contributed by atoms with Gasteiger partial charge in [0, 0.05) is 6.04 Å². The highest BCUT2D eigenvalue weighted by atomic mass is 28.5. The van der Waals surface area contributed by atoms with Gasteiger partial charge in [0.25, 0.3) is 0 Å². The summed E-state index contributed by atoms with van der Waals surface area (Å²) < 4.78 is 32.8. The first-order chi connectivity index (χ1) is 3.06. The molecule has 0 aromatic rings. The minimum Gasteiger partial charge on any atom is -0.360 e. The van der Waals surface area contributed by atoms with Gasteiger partial charge in [-0.15, -0.1) is 0 Å². The van der Waals surface area contributed by atoms with Gasteiger partial charge in [0.05, 0.1) is 0 Å². The molecular weight excluding hydrogens is 123 g/mol. The van der Waals surface area contributed by atoms with Gasteiger partial charge in [-0.25, -0.2) is 12.3 Å². The van der Waals surface area contributed by atoms with Crippen LogP contribution in [-0.4, -0.2) is 9.08 Å². The molecule has 0 radical (unpaired) electrons. The average molecular weight is 125 g/mol. The highest BCUT2D eigenvalue weighted by molar-refractivity contribution is 6.67. The second kappa shape index (κ2) is 1.89. The number of halogens is 3. The molecule has 0 heterocycles. The Bertz CT molecular complexity index is 106. The molecule has 0 unspecified atom stereocenters. The van der Waals surface area contributed by atoms with Crippen molar-refractivity contribution in [2.24, 2.45) is 5.73 Å². The largest absolute Gasteiger partial charge is 0.710 e. The molecule has 1 nitrogen and oxygen atoms in total. The molecule has 7 heavy (non-hydrogen) atoms. The van der Waals surface area contributed by atoms with Gasteiger partial charge in [0.15, 0.2) is 0 Å². The second-order valence-corrected chi connectivity index (χ2v) is 2.01. The Hall–Kier alpha value is -0.633. The molecular formula is C2H2F3NSi. The maximum Gasteiger partial charge on any atom is 0.710 e. The molecule has 2 N–H and O–H groups in total. The average Bonchev–Trinajstić information content (AvgIpc) is 1.30.